The maximum atomic E-state index is 5.93. The number of hydrogen-bond donors (Lipinski definition) is 1. The summed E-state index contributed by atoms with van der Waals surface area (Å²) in [4.78, 5) is 9.31. The van der Waals surface area contributed by atoms with Crippen molar-refractivity contribution in [2.24, 2.45) is 0 Å². The van der Waals surface area contributed by atoms with Gasteiger partial charge in [-0.3, -0.25) is 4.98 Å². The molecule has 166 valence electrons. The molecular formula is C26H31N5S. The zero-order chi connectivity index (χ0) is 22.1. The molecular weight excluding hydrogens is 414 g/mol. The van der Waals surface area contributed by atoms with Crippen LogP contribution in [0.4, 0.5) is 5.69 Å². The first-order valence-corrected chi connectivity index (χ1v) is 12.0. The van der Waals surface area contributed by atoms with E-state index in [1.165, 1.54) is 43.5 Å². The quantitative estimate of drug-likeness (QED) is 0.543. The third kappa shape index (κ3) is 3.88. The Balaban J connectivity index is 1.57. The molecule has 2 aliphatic rings. The fourth-order valence-electron chi connectivity index (χ4n) is 5.22. The summed E-state index contributed by atoms with van der Waals surface area (Å²) in [5.41, 5.74) is 4.64. The lowest BCUT2D eigenvalue weighted by molar-refractivity contribution is 0.193. The second-order valence-corrected chi connectivity index (χ2v) is 9.43. The van der Waals surface area contributed by atoms with Gasteiger partial charge in [-0.25, -0.2) is 0 Å². The molecule has 2 atom stereocenters. The Labute approximate surface area is 196 Å². The van der Waals surface area contributed by atoms with Crippen molar-refractivity contribution >= 4 is 23.0 Å². The van der Waals surface area contributed by atoms with E-state index in [1.54, 1.807) is 0 Å². The standard InChI is InChI=1S/C26H31N5S/c1-29(2)19-13-15-20(16-14-19)30-18-8-12-23(30)25-24(22-11-6-7-17-27-22)28-26(32)31(25)21-9-4-3-5-10-21/h6-8,11-18,21,24-25H,3-5,9-10H2,1-2H3,(H,28,32)/t24-,25-/m0/s1. The number of pyridine rings is 1. The lowest BCUT2D eigenvalue weighted by Gasteiger charge is -2.37. The molecule has 1 aromatic carbocycles. The summed E-state index contributed by atoms with van der Waals surface area (Å²) in [7, 11) is 4.14. The van der Waals surface area contributed by atoms with Gasteiger partial charge in [0.1, 0.15) is 0 Å². The van der Waals surface area contributed by atoms with Gasteiger partial charge in [0.25, 0.3) is 0 Å². The third-order valence-electron chi connectivity index (χ3n) is 6.83. The SMILES string of the molecule is CN(C)c1ccc(-n2cccc2[C@H]2[C@H](c3ccccn3)NC(=S)N2C2CCCCC2)cc1. The first kappa shape index (κ1) is 21.0. The Bertz CT molecular complexity index is 1050. The molecule has 0 spiro atoms. The van der Waals surface area contributed by atoms with Crippen molar-refractivity contribution in [3.63, 3.8) is 0 Å². The first-order chi connectivity index (χ1) is 15.6. The summed E-state index contributed by atoms with van der Waals surface area (Å²) < 4.78 is 2.31. The Morgan fingerprint density at radius 1 is 0.969 bits per heavy atom. The Hall–Kier alpha value is -2.86. The maximum absolute atomic E-state index is 5.93. The summed E-state index contributed by atoms with van der Waals surface area (Å²) >= 11 is 5.93. The van der Waals surface area contributed by atoms with E-state index < -0.39 is 0 Å². The van der Waals surface area contributed by atoms with E-state index in [2.05, 4.69) is 88.5 Å². The van der Waals surface area contributed by atoms with Crippen LogP contribution in [0.2, 0.25) is 0 Å². The zero-order valence-electron chi connectivity index (χ0n) is 18.8. The predicted octanol–water partition coefficient (Wildman–Crippen LogP) is 5.24. The highest BCUT2D eigenvalue weighted by Crippen LogP contribution is 2.43. The van der Waals surface area contributed by atoms with Gasteiger partial charge in [-0.05, 0) is 73.6 Å². The molecule has 3 aromatic rings. The van der Waals surface area contributed by atoms with Gasteiger partial charge in [0, 0.05) is 49.6 Å². The number of rotatable bonds is 5. The van der Waals surface area contributed by atoms with Gasteiger partial charge < -0.3 is 19.7 Å². The van der Waals surface area contributed by atoms with E-state index in [1.807, 2.05) is 12.3 Å². The molecule has 1 aliphatic heterocycles. The minimum Gasteiger partial charge on any atom is -0.378 e. The van der Waals surface area contributed by atoms with Crippen LogP contribution in [0.3, 0.4) is 0 Å². The predicted molar refractivity (Wildman–Crippen MR) is 134 cm³/mol. The van der Waals surface area contributed by atoms with Crippen LogP contribution in [0.5, 0.6) is 0 Å². The van der Waals surface area contributed by atoms with Crippen LogP contribution in [0.25, 0.3) is 5.69 Å². The summed E-state index contributed by atoms with van der Waals surface area (Å²) in [5.74, 6) is 0. The number of thiocarbonyl (C=S) groups is 1. The van der Waals surface area contributed by atoms with Gasteiger partial charge in [-0.1, -0.05) is 25.3 Å². The lowest BCUT2D eigenvalue weighted by atomic mass is 9.92. The molecule has 0 bridgehead atoms. The third-order valence-corrected chi connectivity index (χ3v) is 7.16. The normalized spacial score (nSPS) is 21.6. The van der Waals surface area contributed by atoms with Gasteiger partial charge in [0.15, 0.2) is 5.11 Å². The van der Waals surface area contributed by atoms with Crippen molar-refractivity contribution in [2.45, 2.75) is 50.2 Å². The summed E-state index contributed by atoms with van der Waals surface area (Å²) in [5, 5.41) is 4.49. The van der Waals surface area contributed by atoms with Crippen molar-refractivity contribution in [2.75, 3.05) is 19.0 Å². The summed E-state index contributed by atoms with van der Waals surface area (Å²) in [6, 6.07) is 19.9. The zero-order valence-corrected chi connectivity index (χ0v) is 19.6. The molecule has 5 rings (SSSR count). The molecule has 6 heteroatoms. The molecule has 1 saturated heterocycles. The molecule has 5 nitrogen and oxygen atoms in total. The van der Waals surface area contributed by atoms with Crippen LogP contribution in [-0.2, 0) is 0 Å². The highest BCUT2D eigenvalue weighted by molar-refractivity contribution is 7.80. The minimum absolute atomic E-state index is 0.0281. The number of nitrogens with zero attached hydrogens (tertiary/aromatic N) is 4. The summed E-state index contributed by atoms with van der Waals surface area (Å²) in [6.07, 6.45) is 10.3. The molecule has 0 amide bonds. The number of nitrogens with one attached hydrogen (secondary N) is 1. The number of benzene rings is 1. The van der Waals surface area contributed by atoms with Gasteiger partial charge >= 0.3 is 0 Å². The highest BCUT2D eigenvalue weighted by Gasteiger charge is 2.44. The number of anilines is 1. The van der Waals surface area contributed by atoms with E-state index >= 15 is 0 Å². The van der Waals surface area contributed by atoms with E-state index in [0.29, 0.717) is 6.04 Å². The van der Waals surface area contributed by atoms with Crippen LogP contribution in [0, 0.1) is 0 Å². The van der Waals surface area contributed by atoms with E-state index in [9.17, 15) is 0 Å². The molecule has 0 unspecified atom stereocenters. The van der Waals surface area contributed by atoms with Crippen molar-refractivity contribution in [3.8, 4) is 5.69 Å². The van der Waals surface area contributed by atoms with Crippen LogP contribution in [0.15, 0.2) is 67.0 Å². The second-order valence-electron chi connectivity index (χ2n) is 9.04. The highest BCUT2D eigenvalue weighted by atomic mass is 32.1. The topological polar surface area (TPSA) is 36.3 Å². The Morgan fingerprint density at radius 3 is 2.44 bits per heavy atom. The monoisotopic (exact) mass is 445 g/mol. The van der Waals surface area contributed by atoms with Crippen molar-refractivity contribution in [3.05, 3.63) is 78.4 Å². The molecule has 1 saturated carbocycles. The van der Waals surface area contributed by atoms with Crippen molar-refractivity contribution in [1.29, 1.82) is 0 Å². The number of hydrogen-bond acceptors (Lipinski definition) is 3. The minimum atomic E-state index is 0.0281. The average Bonchev–Trinajstić information content (AvgIpc) is 3.44. The van der Waals surface area contributed by atoms with E-state index in [-0.39, 0.29) is 12.1 Å². The van der Waals surface area contributed by atoms with Crippen molar-refractivity contribution < 1.29 is 0 Å². The fraction of sp³-hybridized carbons (Fsp3) is 0.385. The first-order valence-electron chi connectivity index (χ1n) is 11.6. The van der Waals surface area contributed by atoms with Gasteiger partial charge in [-0.15, -0.1) is 0 Å². The molecule has 2 fully saturated rings. The van der Waals surface area contributed by atoms with E-state index in [0.717, 1.165) is 16.5 Å². The molecule has 2 aromatic heterocycles. The van der Waals surface area contributed by atoms with E-state index in [4.69, 9.17) is 17.2 Å². The lowest BCUT2D eigenvalue weighted by Crippen LogP contribution is -2.40. The van der Waals surface area contributed by atoms with Crippen LogP contribution < -0.4 is 10.2 Å². The molecule has 3 heterocycles. The summed E-state index contributed by atoms with van der Waals surface area (Å²) in [6.45, 7) is 0. The maximum Gasteiger partial charge on any atom is 0.170 e. The molecule has 32 heavy (non-hydrogen) atoms. The Morgan fingerprint density at radius 2 is 1.75 bits per heavy atom. The van der Waals surface area contributed by atoms with Gasteiger partial charge in [0.2, 0.25) is 0 Å². The van der Waals surface area contributed by atoms with Crippen LogP contribution >= 0.6 is 12.2 Å². The largest absolute Gasteiger partial charge is 0.378 e. The van der Waals surface area contributed by atoms with Crippen LogP contribution in [-0.4, -0.2) is 39.7 Å². The molecule has 0 radical (unpaired) electrons. The molecule has 1 N–H and O–H groups in total. The fourth-order valence-corrected chi connectivity index (χ4v) is 5.61. The van der Waals surface area contributed by atoms with Crippen molar-refractivity contribution in [1.82, 2.24) is 19.8 Å². The molecule has 1 aliphatic carbocycles. The second kappa shape index (κ2) is 8.94. The van der Waals surface area contributed by atoms with Gasteiger partial charge in [-0.2, -0.15) is 0 Å². The Kier molecular flexibility index (Phi) is 5.87. The van der Waals surface area contributed by atoms with Gasteiger partial charge in [0.05, 0.1) is 17.8 Å². The average molecular weight is 446 g/mol. The smallest absolute Gasteiger partial charge is 0.170 e. The van der Waals surface area contributed by atoms with Crippen LogP contribution in [0.1, 0.15) is 55.6 Å². The number of aromatic nitrogens is 2.